The van der Waals surface area contributed by atoms with Crippen LogP contribution in [0.4, 0.5) is 4.79 Å². The summed E-state index contributed by atoms with van der Waals surface area (Å²) in [4.78, 5) is 29.8. The first-order valence-corrected chi connectivity index (χ1v) is 12.3. The van der Waals surface area contributed by atoms with Gasteiger partial charge in [-0.25, -0.2) is 9.78 Å². The highest BCUT2D eigenvalue weighted by molar-refractivity contribution is 5.76. The minimum Gasteiger partial charge on any atom is -0.493 e. The van der Waals surface area contributed by atoms with Crippen LogP contribution in [0.25, 0.3) is 11.5 Å². The number of rotatable bonds is 11. The molecule has 1 aromatic heterocycles. The Labute approximate surface area is 221 Å². The van der Waals surface area contributed by atoms with Crippen molar-refractivity contribution >= 4 is 12.1 Å². The maximum atomic E-state index is 12.7. The fourth-order valence-corrected chi connectivity index (χ4v) is 3.97. The van der Waals surface area contributed by atoms with Gasteiger partial charge in [0.1, 0.15) is 24.7 Å². The Morgan fingerprint density at radius 2 is 1.71 bits per heavy atom. The summed E-state index contributed by atoms with van der Waals surface area (Å²) in [6.45, 7) is 3.86. The van der Waals surface area contributed by atoms with Crippen molar-refractivity contribution in [2.24, 2.45) is 0 Å². The largest absolute Gasteiger partial charge is 0.493 e. The van der Waals surface area contributed by atoms with E-state index in [1.807, 2.05) is 80.6 Å². The van der Waals surface area contributed by atoms with E-state index >= 15 is 0 Å². The number of carboxylic acid groups (broad SMARTS) is 1. The molecule has 0 fully saturated rings. The number of carboxylic acids is 1. The normalized spacial score (nSPS) is 10.7. The molecule has 0 aliphatic carbocycles. The van der Waals surface area contributed by atoms with E-state index in [1.165, 1.54) is 0 Å². The highest BCUT2D eigenvalue weighted by Gasteiger charge is 2.19. The summed E-state index contributed by atoms with van der Waals surface area (Å²) in [5.74, 6) is 0.806. The Balaban J connectivity index is 1.34. The molecule has 0 aliphatic rings. The number of benzene rings is 3. The van der Waals surface area contributed by atoms with Crippen molar-refractivity contribution < 1.29 is 28.6 Å². The zero-order chi connectivity index (χ0) is 26.9. The SMILES string of the molecule is Cc1cccc(COC(=O)N(CC(=O)O)Cc2cccc(OCCc3nc(-c4ccccc4)oc3C)c2)c1. The van der Waals surface area contributed by atoms with Crippen molar-refractivity contribution in [3.63, 3.8) is 0 Å². The monoisotopic (exact) mass is 514 g/mol. The standard InChI is InChI=1S/C30H30N2O6/c1-21-8-6-10-24(16-21)20-37-30(35)32(19-28(33)34)18-23-9-7-13-26(17-23)36-15-14-27-22(2)38-29(31-27)25-11-4-3-5-12-25/h3-13,16-17H,14-15,18-20H2,1-2H3,(H,33,34). The van der Waals surface area contributed by atoms with Crippen LogP contribution in [-0.2, 0) is 29.1 Å². The van der Waals surface area contributed by atoms with E-state index in [1.54, 1.807) is 12.1 Å². The van der Waals surface area contributed by atoms with Gasteiger partial charge in [-0.1, -0.05) is 60.2 Å². The second-order valence-corrected chi connectivity index (χ2v) is 8.93. The average molecular weight is 515 g/mol. The first kappa shape index (κ1) is 26.5. The summed E-state index contributed by atoms with van der Waals surface area (Å²) < 4.78 is 17.1. The van der Waals surface area contributed by atoms with Crippen LogP contribution < -0.4 is 4.74 Å². The van der Waals surface area contributed by atoms with Crippen LogP contribution in [0.3, 0.4) is 0 Å². The molecule has 1 N–H and O–H groups in total. The van der Waals surface area contributed by atoms with Crippen LogP contribution in [0, 0.1) is 13.8 Å². The summed E-state index contributed by atoms with van der Waals surface area (Å²) in [5, 5.41) is 9.32. The molecular formula is C30H30N2O6. The smallest absolute Gasteiger partial charge is 0.410 e. The minimum atomic E-state index is -1.12. The lowest BCUT2D eigenvalue weighted by Crippen LogP contribution is -2.35. The first-order valence-electron chi connectivity index (χ1n) is 12.3. The van der Waals surface area contributed by atoms with Gasteiger partial charge in [-0.05, 0) is 49.2 Å². The van der Waals surface area contributed by atoms with Gasteiger partial charge in [-0.2, -0.15) is 0 Å². The molecule has 8 nitrogen and oxygen atoms in total. The van der Waals surface area contributed by atoms with Gasteiger partial charge >= 0.3 is 12.1 Å². The van der Waals surface area contributed by atoms with E-state index in [9.17, 15) is 14.7 Å². The van der Waals surface area contributed by atoms with Crippen LogP contribution in [-0.4, -0.2) is 40.2 Å². The maximum Gasteiger partial charge on any atom is 0.410 e. The number of amides is 1. The lowest BCUT2D eigenvalue weighted by atomic mass is 10.1. The number of hydrogen-bond acceptors (Lipinski definition) is 6. The van der Waals surface area contributed by atoms with Crippen LogP contribution in [0.1, 0.15) is 28.1 Å². The van der Waals surface area contributed by atoms with Crippen molar-refractivity contribution in [1.82, 2.24) is 9.88 Å². The number of hydrogen-bond donors (Lipinski definition) is 1. The topological polar surface area (TPSA) is 102 Å². The molecule has 0 radical (unpaired) electrons. The number of aryl methyl sites for hydroxylation is 2. The molecule has 0 aliphatic heterocycles. The number of aliphatic carboxylic acids is 1. The summed E-state index contributed by atoms with van der Waals surface area (Å²) in [6, 6.07) is 24.5. The zero-order valence-corrected chi connectivity index (χ0v) is 21.4. The van der Waals surface area contributed by atoms with Crippen molar-refractivity contribution in [2.45, 2.75) is 33.4 Å². The summed E-state index contributed by atoms with van der Waals surface area (Å²) >= 11 is 0. The molecule has 0 saturated heterocycles. The van der Waals surface area contributed by atoms with Crippen LogP contribution in [0.15, 0.2) is 83.3 Å². The van der Waals surface area contributed by atoms with Gasteiger partial charge in [0.05, 0.1) is 12.3 Å². The third-order valence-electron chi connectivity index (χ3n) is 5.82. The average Bonchev–Trinajstić information content (AvgIpc) is 3.28. The Morgan fingerprint density at radius 3 is 2.47 bits per heavy atom. The Kier molecular flexibility index (Phi) is 8.77. The van der Waals surface area contributed by atoms with Crippen molar-refractivity contribution in [3.05, 3.63) is 107 Å². The van der Waals surface area contributed by atoms with Crippen LogP contribution >= 0.6 is 0 Å². The molecule has 4 rings (SSSR count). The van der Waals surface area contributed by atoms with E-state index in [2.05, 4.69) is 4.98 Å². The summed E-state index contributed by atoms with van der Waals surface area (Å²) in [7, 11) is 0. The van der Waals surface area contributed by atoms with Crippen LogP contribution in [0.5, 0.6) is 5.75 Å². The Bertz CT molecular complexity index is 1380. The van der Waals surface area contributed by atoms with Crippen molar-refractivity contribution in [3.8, 4) is 17.2 Å². The molecule has 0 saturated carbocycles. The van der Waals surface area contributed by atoms with E-state index in [0.717, 1.165) is 38.6 Å². The molecule has 8 heteroatoms. The quantitative estimate of drug-likeness (QED) is 0.270. The predicted octanol–water partition coefficient (Wildman–Crippen LogP) is 5.80. The highest BCUT2D eigenvalue weighted by Crippen LogP contribution is 2.22. The number of ether oxygens (including phenoxy) is 2. The lowest BCUT2D eigenvalue weighted by Gasteiger charge is -2.21. The second kappa shape index (κ2) is 12.6. The predicted molar refractivity (Wildman–Crippen MR) is 142 cm³/mol. The lowest BCUT2D eigenvalue weighted by molar-refractivity contribution is -0.138. The van der Waals surface area contributed by atoms with Gasteiger partial charge in [-0.15, -0.1) is 0 Å². The third-order valence-corrected chi connectivity index (χ3v) is 5.82. The van der Waals surface area contributed by atoms with E-state index in [-0.39, 0.29) is 13.2 Å². The third kappa shape index (κ3) is 7.46. The van der Waals surface area contributed by atoms with E-state index in [4.69, 9.17) is 13.9 Å². The molecule has 0 unspecified atom stereocenters. The van der Waals surface area contributed by atoms with Gasteiger partial charge in [0.15, 0.2) is 0 Å². The number of aromatic nitrogens is 1. The molecule has 3 aromatic carbocycles. The zero-order valence-electron chi connectivity index (χ0n) is 21.4. The van der Waals surface area contributed by atoms with E-state index < -0.39 is 18.6 Å². The van der Waals surface area contributed by atoms with Crippen LogP contribution in [0.2, 0.25) is 0 Å². The van der Waals surface area contributed by atoms with Gasteiger partial charge in [0.2, 0.25) is 5.89 Å². The molecule has 0 bridgehead atoms. The number of carbonyl (C=O) groups excluding carboxylic acids is 1. The molecule has 196 valence electrons. The number of carbonyl (C=O) groups is 2. The Hall–Kier alpha value is -4.59. The summed E-state index contributed by atoms with van der Waals surface area (Å²) in [6.07, 6.45) is -0.140. The fourth-order valence-electron chi connectivity index (χ4n) is 3.97. The maximum absolute atomic E-state index is 12.7. The fraction of sp³-hybridized carbons (Fsp3) is 0.233. The van der Waals surface area contributed by atoms with Gasteiger partial charge in [0.25, 0.3) is 0 Å². The molecule has 1 amide bonds. The molecular weight excluding hydrogens is 484 g/mol. The molecule has 38 heavy (non-hydrogen) atoms. The second-order valence-electron chi connectivity index (χ2n) is 8.93. The van der Waals surface area contributed by atoms with E-state index in [0.29, 0.717) is 24.7 Å². The molecule has 4 aromatic rings. The molecule has 1 heterocycles. The van der Waals surface area contributed by atoms with Crippen molar-refractivity contribution in [1.29, 1.82) is 0 Å². The number of oxazole rings is 1. The summed E-state index contributed by atoms with van der Waals surface area (Å²) in [5.41, 5.74) is 4.35. The minimum absolute atomic E-state index is 0.0627. The number of nitrogens with zero attached hydrogens (tertiary/aromatic N) is 2. The van der Waals surface area contributed by atoms with Gasteiger partial charge in [-0.3, -0.25) is 9.69 Å². The van der Waals surface area contributed by atoms with Gasteiger partial charge in [0, 0.05) is 18.5 Å². The first-order chi connectivity index (χ1) is 18.4. The molecule has 0 spiro atoms. The Morgan fingerprint density at radius 1 is 0.947 bits per heavy atom. The van der Waals surface area contributed by atoms with Gasteiger partial charge < -0.3 is 19.0 Å². The molecule has 0 atom stereocenters. The van der Waals surface area contributed by atoms with Crippen molar-refractivity contribution in [2.75, 3.05) is 13.2 Å². The highest BCUT2D eigenvalue weighted by atomic mass is 16.6.